The molecule has 0 saturated carbocycles. The van der Waals surface area contributed by atoms with E-state index in [0.717, 1.165) is 44.4 Å². The molecule has 0 aliphatic carbocycles. The average molecular weight is 682 g/mol. The maximum Gasteiger partial charge on any atom is 0.164 e. The highest BCUT2D eigenvalue weighted by Crippen LogP contribution is 2.43. The summed E-state index contributed by atoms with van der Waals surface area (Å²) < 4.78 is 9.35. The van der Waals surface area contributed by atoms with Gasteiger partial charge >= 0.3 is 0 Å². The summed E-state index contributed by atoms with van der Waals surface area (Å²) in [6.45, 7) is 0. The van der Waals surface area contributed by atoms with Gasteiger partial charge in [-0.2, -0.15) is 0 Å². The molecule has 0 atom stereocenters. The van der Waals surface area contributed by atoms with Crippen LogP contribution in [0.15, 0.2) is 168 Å². The SMILES string of the molecule is c1ccc(-c2nc(-c3cccc(-c4cc5ccc6ccc7sc8ccccc8c7c6c5o4)c3)nc(-c3ccc4ccc5ccccc5c4c3)n2)cc1. The topological polar surface area (TPSA) is 51.8 Å². The Morgan fingerprint density at radius 3 is 1.85 bits per heavy atom. The standard InChI is InChI=1S/C47H27N3OS/c1-2-10-31(11-3-1)45-48-46(50-47(49-45)35-22-19-29-18-17-28-9-4-5-14-36(28)38(29)26-35)34-13-8-12-32(25-34)39-27-33-21-20-30-23-24-41-43(42(30)44(33)51-39)37-15-6-7-16-40(37)52-41/h1-27H. The van der Waals surface area contributed by atoms with Gasteiger partial charge in [-0.25, -0.2) is 15.0 Å². The molecule has 0 radical (unpaired) electrons. The molecule has 4 nitrogen and oxygen atoms in total. The normalized spacial score (nSPS) is 11.8. The first kappa shape index (κ1) is 29.1. The monoisotopic (exact) mass is 681 g/mol. The Kier molecular flexibility index (Phi) is 6.39. The predicted molar refractivity (Wildman–Crippen MR) is 217 cm³/mol. The summed E-state index contributed by atoms with van der Waals surface area (Å²) in [5.74, 6) is 2.68. The summed E-state index contributed by atoms with van der Waals surface area (Å²) in [5, 5.41) is 10.7. The van der Waals surface area contributed by atoms with Gasteiger partial charge in [0.1, 0.15) is 11.3 Å². The van der Waals surface area contributed by atoms with Gasteiger partial charge in [0, 0.05) is 53.2 Å². The lowest BCUT2D eigenvalue weighted by Gasteiger charge is -2.10. The molecule has 0 unspecified atom stereocenters. The van der Waals surface area contributed by atoms with Crippen LogP contribution in [-0.2, 0) is 0 Å². The minimum Gasteiger partial charge on any atom is -0.455 e. The van der Waals surface area contributed by atoms with Crippen LogP contribution in [0.1, 0.15) is 0 Å². The molecule has 0 amide bonds. The molecule has 0 aliphatic rings. The Balaban J connectivity index is 1.07. The van der Waals surface area contributed by atoms with Crippen molar-refractivity contribution in [2.24, 2.45) is 0 Å². The summed E-state index contributed by atoms with van der Waals surface area (Å²) >= 11 is 1.83. The first-order chi connectivity index (χ1) is 25.7. The van der Waals surface area contributed by atoms with E-state index in [1.54, 1.807) is 0 Å². The van der Waals surface area contributed by atoms with Crippen molar-refractivity contribution in [2.75, 3.05) is 0 Å². The molecular formula is C47H27N3OS. The lowest BCUT2D eigenvalue weighted by Crippen LogP contribution is -2.00. The Morgan fingerprint density at radius 1 is 0.365 bits per heavy atom. The summed E-state index contributed by atoms with van der Waals surface area (Å²) in [5.41, 5.74) is 4.64. The highest BCUT2D eigenvalue weighted by molar-refractivity contribution is 7.26. The van der Waals surface area contributed by atoms with Crippen molar-refractivity contribution >= 4 is 74.8 Å². The van der Waals surface area contributed by atoms with Gasteiger partial charge in [-0.3, -0.25) is 0 Å². The van der Waals surface area contributed by atoms with E-state index in [9.17, 15) is 0 Å². The zero-order valence-electron chi connectivity index (χ0n) is 27.7. The third-order valence-electron chi connectivity index (χ3n) is 10.1. The minimum atomic E-state index is 0.608. The van der Waals surface area contributed by atoms with Crippen molar-refractivity contribution in [1.82, 2.24) is 15.0 Å². The van der Waals surface area contributed by atoms with E-state index in [2.05, 4.69) is 127 Å². The second-order valence-electron chi connectivity index (χ2n) is 13.2. The van der Waals surface area contributed by atoms with Gasteiger partial charge in [0.15, 0.2) is 17.5 Å². The van der Waals surface area contributed by atoms with Gasteiger partial charge in [-0.05, 0) is 57.3 Å². The van der Waals surface area contributed by atoms with Crippen LogP contribution in [0.2, 0.25) is 0 Å². The molecule has 242 valence electrons. The Labute approximate surface area is 302 Å². The maximum atomic E-state index is 6.80. The second-order valence-corrected chi connectivity index (χ2v) is 14.3. The van der Waals surface area contributed by atoms with E-state index in [1.807, 2.05) is 47.7 Å². The van der Waals surface area contributed by atoms with Crippen molar-refractivity contribution in [3.63, 3.8) is 0 Å². The van der Waals surface area contributed by atoms with Crippen molar-refractivity contribution in [3.05, 3.63) is 164 Å². The number of thiophene rings is 1. The third kappa shape index (κ3) is 4.64. The number of fused-ring (bicyclic) bond motifs is 10. The van der Waals surface area contributed by atoms with Crippen LogP contribution in [0.4, 0.5) is 0 Å². The molecule has 52 heavy (non-hydrogen) atoms. The molecule has 5 heteroatoms. The van der Waals surface area contributed by atoms with Crippen molar-refractivity contribution < 1.29 is 4.42 Å². The van der Waals surface area contributed by atoms with E-state index in [0.29, 0.717) is 17.5 Å². The first-order valence-corrected chi connectivity index (χ1v) is 18.2. The fraction of sp³-hybridized carbons (Fsp3) is 0. The number of nitrogens with zero attached hydrogens (tertiary/aromatic N) is 3. The molecule has 11 rings (SSSR count). The van der Waals surface area contributed by atoms with Crippen molar-refractivity contribution in [1.29, 1.82) is 0 Å². The van der Waals surface area contributed by atoms with Gasteiger partial charge in [0.25, 0.3) is 0 Å². The minimum absolute atomic E-state index is 0.608. The molecule has 11 aromatic rings. The molecule has 3 aromatic heterocycles. The van der Waals surface area contributed by atoms with Gasteiger partial charge in [-0.1, -0.05) is 133 Å². The second kappa shape index (κ2) is 11.4. The van der Waals surface area contributed by atoms with Crippen LogP contribution >= 0.6 is 11.3 Å². The zero-order valence-corrected chi connectivity index (χ0v) is 28.6. The van der Waals surface area contributed by atoms with Crippen LogP contribution in [0, 0.1) is 0 Å². The van der Waals surface area contributed by atoms with Crippen molar-refractivity contribution in [2.45, 2.75) is 0 Å². The highest BCUT2D eigenvalue weighted by atomic mass is 32.1. The third-order valence-corrected chi connectivity index (χ3v) is 11.2. The molecule has 0 bridgehead atoms. The number of rotatable bonds is 4. The summed E-state index contributed by atoms with van der Waals surface area (Å²) in [4.78, 5) is 15.2. The number of benzene rings is 8. The molecule has 3 heterocycles. The Morgan fingerprint density at radius 2 is 0.981 bits per heavy atom. The van der Waals surface area contributed by atoms with Gasteiger partial charge in [-0.15, -0.1) is 11.3 Å². The van der Waals surface area contributed by atoms with Crippen LogP contribution in [-0.4, -0.2) is 15.0 Å². The van der Waals surface area contributed by atoms with Crippen molar-refractivity contribution in [3.8, 4) is 45.5 Å². The van der Waals surface area contributed by atoms with Crippen LogP contribution in [0.5, 0.6) is 0 Å². The van der Waals surface area contributed by atoms with Crippen LogP contribution < -0.4 is 0 Å². The largest absolute Gasteiger partial charge is 0.455 e. The lowest BCUT2D eigenvalue weighted by molar-refractivity contribution is 0.635. The van der Waals surface area contributed by atoms with Gasteiger partial charge < -0.3 is 4.42 Å². The van der Waals surface area contributed by atoms with Gasteiger partial charge in [0.05, 0.1) is 0 Å². The summed E-state index contributed by atoms with van der Waals surface area (Å²) in [7, 11) is 0. The molecule has 0 fully saturated rings. The molecule has 8 aromatic carbocycles. The van der Waals surface area contributed by atoms with E-state index in [1.165, 1.54) is 47.1 Å². The number of aromatic nitrogens is 3. The average Bonchev–Trinajstić information content (AvgIpc) is 3.83. The van der Waals surface area contributed by atoms with E-state index in [-0.39, 0.29) is 0 Å². The highest BCUT2D eigenvalue weighted by Gasteiger charge is 2.17. The molecule has 0 aliphatic heterocycles. The number of hydrogen-bond donors (Lipinski definition) is 0. The number of furan rings is 1. The summed E-state index contributed by atoms with van der Waals surface area (Å²) in [6, 6.07) is 57.3. The first-order valence-electron chi connectivity index (χ1n) is 17.3. The zero-order chi connectivity index (χ0) is 34.2. The lowest BCUT2D eigenvalue weighted by atomic mass is 10.00. The van der Waals surface area contributed by atoms with E-state index < -0.39 is 0 Å². The van der Waals surface area contributed by atoms with Gasteiger partial charge in [0.2, 0.25) is 0 Å². The predicted octanol–water partition coefficient (Wildman–Crippen LogP) is 13.1. The molecular weight excluding hydrogens is 655 g/mol. The van der Waals surface area contributed by atoms with Crippen LogP contribution in [0.25, 0.3) is 109 Å². The molecule has 0 N–H and O–H groups in total. The smallest absolute Gasteiger partial charge is 0.164 e. The maximum absolute atomic E-state index is 6.80. The van der Waals surface area contributed by atoms with E-state index in [4.69, 9.17) is 19.4 Å². The van der Waals surface area contributed by atoms with E-state index >= 15 is 0 Å². The summed E-state index contributed by atoms with van der Waals surface area (Å²) in [6.07, 6.45) is 0. The fourth-order valence-electron chi connectivity index (χ4n) is 7.57. The van der Waals surface area contributed by atoms with Crippen LogP contribution in [0.3, 0.4) is 0 Å². The Hall–Kier alpha value is -6.69. The quantitative estimate of drug-likeness (QED) is 0.174. The fourth-order valence-corrected chi connectivity index (χ4v) is 8.68. The molecule has 0 saturated heterocycles. The Bertz CT molecular complexity index is 3200. The number of hydrogen-bond acceptors (Lipinski definition) is 5. The molecule has 0 spiro atoms.